The Morgan fingerprint density at radius 1 is 1.04 bits per heavy atom. The van der Waals surface area contributed by atoms with Gasteiger partial charge in [-0.05, 0) is 48.9 Å². The molecule has 3 rings (SSSR count). The molecule has 0 saturated heterocycles. The van der Waals surface area contributed by atoms with E-state index in [9.17, 15) is 4.79 Å². The summed E-state index contributed by atoms with van der Waals surface area (Å²) in [5, 5.41) is 6.70. The van der Waals surface area contributed by atoms with E-state index in [0.29, 0.717) is 22.1 Å². The summed E-state index contributed by atoms with van der Waals surface area (Å²) in [6.45, 7) is 1.99. The molecule has 2 aromatic carbocycles. The van der Waals surface area contributed by atoms with Crippen molar-refractivity contribution in [2.75, 3.05) is 10.6 Å². The summed E-state index contributed by atoms with van der Waals surface area (Å²) in [5.74, 6) is 0.516. The molecule has 0 spiro atoms. The molecule has 0 aliphatic heterocycles. The van der Waals surface area contributed by atoms with Crippen molar-refractivity contribution in [1.29, 1.82) is 0 Å². The summed E-state index contributed by atoms with van der Waals surface area (Å²) in [6, 6.07) is 18.3. The minimum absolute atomic E-state index is 0.163. The Labute approximate surface area is 145 Å². The predicted molar refractivity (Wildman–Crippen MR) is 98.1 cm³/mol. The molecule has 0 saturated carbocycles. The summed E-state index contributed by atoms with van der Waals surface area (Å²) in [5.41, 5.74) is 3.21. The van der Waals surface area contributed by atoms with Crippen LogP contribution in [0.5, 0.6) is 0 Å². The molecule has 0 bridgehead atoms. The molecule has 0 atom stereocenters. The first-order valence-electron chi connectivity index (χ1n) is 7.47. The van der Waals surface area contributed by atoms with Crippen molar-refractivity contribution in [3.8, 4) is 0 Å². The number of hydrogen-bond donors (Lipinski definition) is 2. The van der Waals surface area contributed by atoms with Crippen molar-refractivity contribution >= 4 is 34.7 Å². The maximum atomic E-state index is 12.1. The van der Waals surface area contributed by atoms with E-state index in [1.54, 1.807) is 30.5 Å². The lowest BCUT2D eigenvalue weighted by Crippen LogP contribution is -2.11. The van der Waals surface area contributed by atoms with Gasteiger partial charge in [-0.25, -0.2) is 4.98 Å². The number of pyridine rings is 1. The molecule has 0 fully saturated rings. The van der Waals surface area contributed by atoms with Crippen molar-refractivity contribution in [3.63, 3.8) is 0 Å². The van der Waals surface area contributed by atoms with Crippen LogP contribution in [-0.2, 0) is 0 Å². The predicted octanol–water partition coefficient (Wildman–Crippen LogP) is 5.04. The van der Waals surface area contributed by atoms with Crippen LogP contribution < -0.4 is 10.6 Å². The average molecular weight is 338 g/mol. The second kappa shape index (κ2) is 7.15. The third-order valence-electron chi connectivity index (χ3n) is 3.52. The number of rotatable bonds is 4. The summed E-state index contributed by atoms with van der Waals surface area (Å²) < 4.78 is 0. The lowest BCUT2D eigenvalue weighted by molar-refractivity contribution is 0.102. The van der Waals surface area contributed by atoms with Gasteiger partial charge in [-0.1, -0.05) is 35.9 Å². The van der Waals surface area contributed by atoms with Gasteiger partial charge in [0.25, 0.3) is 5.91 Å². The summed E-state index contributed by atoms with van der Waals surface area (Å²) >= 11 is 6.02. The highest BCUT2D eigenvalue weighted by molar-refractivity contribution is 6.30. The number of nitrogens with zero attached hydrogens (tertiary/aromatic N) is 1. The fourth-order valence-electron chi connectivity index (χ4n) is 2.20. The highest BCUT2D eigenvalue weighted by Crippen LogP contribution is 2.23. The fourth-order valence-corrected chi connectivity index (χ4v) is 2.37. The summed E-state index contributed by atoms with van der Waals surface area (Å²) in [7, 11) is 0. The maximum Gasteiger partial charge on any atom is 0.255 e. The molecule has 5 heteroatoms. The van der Waals surface area contributed by atoms with Crippen LogP contribution in [0.3, 0.4) is 0 Å². The van der Waals surface area contributed by atoms with Crippen molar-refractivity contribution in [1.82, 2.24) is 4.98 Å². The van der Waals surface area contributed by atoms with Gasteiger partial charge in [0.05, 0.1) is 11.9 Å². The van der Waals surface area contributed by atoms with Crippen LogP contribution in [0.1, 0.15) is 15.9 Å². The third-order valence-corrected chi connectivity index (χ3v) is 3.75. The summed E-state index contributed by atoms with van der Waals surface area (Å²) in [6.07, 6.45) is 1.61. The number of halogens is 1. The van der Waals surface area contributed by atoms with Crippen LogP contribution in [0.4, 0.5) is 17.2 Å². The molecular formula is C19H16ClN3O. The Bertz CT molecular complexity index is 848. The summed E-state index contributed by atoms with van der Waals surface area (Å²) in [4.78, 5) is 16.4. The van der Waals surface area contributed by atoms with Gasteiger partial charge in [0, 0.05) is 16.3 Å². The van der Waals surface area contributed by atoms with Gasteiger partial charge in [-0.15, -0.1) is 0 Å². The molecule has 0 aliphatic rings. The topological polar surface area (TPSA) is 54.0 Å². The van der Waals surface area contributed by atoms with E-state index in [1.165, 1.54) is 0 Å². The van der Waals surface area contributed by atoms with E-state index in [-0.39, 0.29) is 5.91 Å². The van der Waals surface area contributed by atoms with Gasteiger partial charge < -0.3 is 10.6 Å². The molecule has 1 heterocycles. The molecule has 24 heavy (non-hydrogen) atoms. The highest BCUT2D eigenvalue weighted by atomic mass is 35.5. The van der Waals surface area contributed by atoms with E-state index in [0.717, 1.165) is 11.3 Å². The van der Waals surface area contributed by atoms with E-state index < -0.39 is 0 Å². The first-order chi connectivity index (χ1) is 11.6. The zero-order valence-electron chi connectivity index (χ0n) is 13.1. The number of aryl methyl sites for hydroxylation is 1. The Morgan fingerprint density at radius 2 is 1.83 bits per heavy atom. The molecule has 4 nitrogen and oxygen atoms in total. The molecule has 0 radical (unpaired) electrons. The number of nitrogens with one attached hydrogen (secondary N) is 2. The van der Waals surface area contributed by atoms with Crippen LogP contribution >= 0.6 is 11.6 Å². The Balaban J connectivity index is 1.69. The van der Waals surface area contributed by atoms with Crippen molar-refractivity contribution in [2.24, 2.45) is 0 Å². The number of amides is 1. The van der Waals surface area contributed by atoms with E-state index in [2.05, 4.69) is 15.6 Å². The Hall–Kier alpha value is -2.85. The van der Waals surface area contributed by atoms with Gasteiger partial charge in [0.15, 0.2) is 0 Å². The van der Waals surface area contributed by atoms with Crippen molar-refractivity contribution in [3.05, 3.63) is 83.0 Å². The van der Waals surface area contributed by atoms with Gasteiger partial charge in [-0.2, -0.15) is 0 Å². The molecule has 3 aromatic rings. The standard InChI is InChI=1S/C19H16ClN3O/c1-13-7-8-15(20)11-17(13)23-18-10-9-16(12-21-18)22-19(24)14-5-3-2-4-6-14/h2-12H,1H3,(H,21,23)(H,22,24). The normalized spacial score (nSPS) is 10.2. The van der Waals surface area contributed by atoms with Gasteiger partial charge in [0.1, 0.15) is 5.82 Å². The van der Waals surface area contributed by atoms with Crippen LogP contribution in [0.15, 0.2) is 66.9 Å². The second-order valence-electron chi connectivity index (χ2n) is 5.34. The zero-order chi connectivity index (χ0) is 16.9. The van der Waals surface area contributed by atoms with Crippen LogP contribution in [-0.4, -0.2) is 10.9 Å². The smallest absolute Gasteiger partial charge is 0.255 e. The van der Waals surface area contributed by atoms with Crippen LogP contribution in [0.25, 0.3) is 0 Å². The number of anilines is 3. The van der Waals surface area contributed by atoms with E-state index in [1.807, 2.05) is 43.3 Å². The molecule has 0 unspecified atom stereocenters. The number of carbonyl (C=O) groups excluding carboxylic acids is 1. The number of carbonyl (C=O) groups is 1. The Morgan fingerprint density at radius 3 is 2.54 bits per heavy atom. The van der Waals surface area contributed by atoms with Gasteiger partial charge in [0.2, 0.25) is 0 Å². The molecule has 0 aliphatic carbocycles. The molecule has 1 aromatic heterocycles. The minimum atomic E-state index is -0.163. The largest absolute Gasteiger partial charge is 0.340 e. The average Bonchev–Trinajstić information content (AvgIpc) is 2.60. The van der Waals surface area contributed by atoms with E-state index >= 15 is 0 Å². The first-order valence-corrected chi connectivity index (χ1v) is 7.85. The van der Waals surface area contributed by atoms with Gasteiger partial charge >= 0.3 is 0 Å². The lowest BCUT2D eigenvalue weighted by Gasteiger charge is -2.10. The molecule has 1 amide bonds. The second-order valence-corrected chi connectivity index (χ2v) is 5.77. The van der Waals surface area contributed by atoms with Crippen LogP contribution in [0, 0.1) is 6.92 Å². The fraction of sp³-hybridized carbons (Fsp3) is 0.0526. The van der Waals surface area contributed by atoms with Crippen molar-refractivity contribution in [2.45, 2.75) is 6.92 Å². The van der Waals surface area contributed by atoms with Crippen LogP contribution in [0.2, 0.25) is 5.02 Å². The number of hydrogen-bond acceptors (Lipinski definition) is 3. The maximum absolute atomic E-state index is 12.1. The third kappa shape index (κ3) is 3.91. The number of benzene rings is 2. The minimum Gasteiger partial charge on any atom is -0.340 e. The Kier molecular flexibility index (Phi) is 4.77. The monoisotopic (exact) mass is 337 g/mol. The van der Waals surface area contributed by atoms with E-state index in [4.69, 9.17) is 11.6 Å². The molecule has 120 valence electrons. The molecule has 2 N–H and O–H groups in total. The van der Waals surface area contributed by atoms with Crippen molar-refractivity contribution < 1.29 is 4.79 Å². The molecular weight excluding hydrogens is 322 g/mol. The SMILES string of the molecule is Cc1ccc(Cl)cc1Nc1ccc(NC(=O)c2ccccc2)cn1. The number of aromatic nitrogens is 1. The lowest BCUT2D eigenvalue weighted by atomic mass is 10.2. The quantitative estimate of drug-likeness (QED) is 0.701. The zero-order valence-corrected chi connectivity index (χ0v) is 13.8. The highest BCUT2D eigenvalue weighted by Gasteiger charge is 2.06. The first kappa shape index (κ1) is 16.0. The van der Waals surface area contributed by atoms with Gasteiger partial charge in [-0.3, -0.25) is 4.79 Å².